The highest BCUT2D eigenvalue weighted by atomic mass is 19.1. The van der Waals surface area contributed by atoms with Gasteiger partial charge in [-0.15, -0.1) is 0 Å². The number of amides is 1. The SMILES string of the molecule is NC1(C2CCCC2)CNCC(F)C1N1CCN2C(=O)CC[C@@H]2C1. The summed E-state index contributed by atoms with van der Waals surface area (Å²) in [5, 5.41) is 3.23. The minimum absolute atomic E-state index is 0.204. The quantitative estimate of drug-likeness (QED) is 0.776. The number of piperazine rings is 1. The van der Waals surface area contributed by atoms with E-state index in [1.165, 1.54) is 12.8 Å². The minimum atomic E-state index is -0.919. The second-order valence-corrected chi connectivity index (χ2v) is 7.96. The molecule has 4 aliphatic rings. The molecule has 0 bridgehead atoms. The van der Waals surface area contributed by atoms with Crippen LogP contribution in [0.2, 0.25) is 0 Å². The zero-order valence-corrected chi connectivity index (χ0v) is 13.8. The van der Waals surface area contributed by atoms with Crippen LogP contribution in [0.15, 0.2) is 0 Å². The Hall–Kier alpha value is -0.720. The second-order valence-electron chi connectivity index (χ2n) is 7.96. The molecule has 3 aliphatic heterocycles. The van der Waals surface area contributed by atoms with Crippen LogP contribution in [0, 0.1) is 5.92 Å². The molecule has 5 nitrogen and oxygen atoms in total. The molecular formula is C17H29FN4O. The van der Waals surface area contributed by atoms with E-state index in [0.29, 0.717) is 25.4 Å². The number of fused-ring (bicyclic) bond motifs is 1. The first-order valence-electron chi connectivity index (χ1n) is 9.27. The smallest absolute Gasteiger partial charge is 0.222 e. The van der Waals surface area contributed by atoms with Gasteiger partial charge in [0.2, 0.25) is 5.91 Å². The van der Waals surface area contributed by atoms with E-state index in [0.717, 1.165) is 38.9 Å². The molecule has 6 heteroatoms. The Labute approximate surface area is 137 Å². The number of carbonyl (C=O) groups excluding carboxylic acids is 1. The molecule has 1 amide bonds. The first-order valence-corrected chi connectivity index (χ1v) is 9.27. The van der Waals surface area contributed by atoms with Gasteiger partial charge in [-0.05, 0) is 25.2 Å². The lowest BCUT2D eigenvalue weighted by atomic mass is 9.72. The van der Waals surface area contributed by atoms with Gasteiger partial charge < -0.3 is 16.0 Å². The van der Waals surface area contributed by atoms with E-state index in [1.807, 2.05) is 4.90 Å². The van der Waals surface area contributed by atoms with Gasteiger partial charge >= 0.3 is 0 Å². The van der Waals surface area contributed by atoms with E-state index >= 15 is 0 Å². The maximum Gasteiger partial charge on any atom is 0.222 e. The van der Waals surface area contributed by atoms with Gasteiger partial charge in [-0.2, -0.15) is 0 Å². The Morgan fingerprint density at radius 1 is 1.22 bits per heavy atom. The summed E-state index contributed by atoms with van der Waals surface area (Å²) in [7, 11) is 0. The van der Waals surface area contributed by atoms with E-state index in [-0.39, 0.29) is 18.0 Å². The lowest BCUT2D eigenvalue weighted by Gasteiger charge is -2.54. The van der Waals surface area contributed by atoms with Gasteiger partial charge in [-0.3, -0.25) is 9.69 Å². The van der Waals surface area contributed by atoms with E-state index in [1.54, 1.807) is 0 Å². The lowest BCUT2D eigenvalue weighted by molar-refractivity contribution is -0.132. The maximum atomic E-state index is 14.9. The normalized spacial score (nSPS) is 43.1. The van der Waals surface area contributed by atoms with Crippen LogP contribution in [0.1, 0.15) is 38.5 Å². The van der Waals surface area contributed by atoms with E-state index in [9.17, 15) is 9.18 Å². The molecule has 4 atom stereocenters. The average Bonchev–Trinajstić information content (AvgIpc) is 3.18. The number of nitrogens with two attached hydrogens (primary N) is 1. The molecule has 4 rings (SSSR count). The van der Waals surface area contributed by atoms with E-state index in [4.69, 9.17) is 5.73 Å². The summed E-state index contributed by atoms with van der Waals surface area (Å²) in [5.74, 6) is 0.688. The lowest BCUT2D eigenvalue weighted by Crippen LogP contribution is -2.75. The van der Waals surface area contributed by atoms with Crippen molar-refractivity contribution >= 4 is 5.91 Å². The molecule has 3 heterocycles. The van der Waals surface area contributed by atoms with Crippen molar-refractivity contribution in [2.45, 2.75) is 62.3 Å². The third kappa shape index (κ3) is 2.59. The highest BCUT2D eigenvalue weighted by Crippen LogP contribution is 2.39. The summed E-state index contributed by atoms with van der Waals surface area (Å²) < 4.78 is 14.9. The van der Waals surface area contributed by atoms with Crippen molar-refractivity contribution in [3.8, 4) is 0 Å². The Balaban J connectivity index is 1.55. The fourth-order valence-corrected chi connectivity index (χ4v) is 5.54. The number of rotatable bonds is 2. The van der Waals surface area contributed by atoms with Crippen LogP contribution in [0.25, 0.3) is 0 Å². The molecule has 0 spiro atoms. The van der Waals surface area contributed by atoms with Gasteiger partial charge in [0.15, 0.2) is 0 Å². The minimum Gasteiger partial charge on any atom is -0.337 e. The van der Waals surface area contributed by atoms with Crippen molar-refractivity contribution in [1.82, 2.24) is 15.1 Å². The summed E-state index contributed by atoms with van der Waals surface area (Å²) in [6, 6.07) is 0.0656. The molecule has 0 aromatic heterocycles. The van der Waals surface area contributed by atoms with Crippen LogP contribution in [0.3, 0.4) is 0 Å². The fraction of sp³-hybridized carbons (Fsp3) is 0.941. The Kier molecular flexibility index (Phi) is 4.10. The van der Waals surface area contributed by atoms with Crippen LogP contribution >= 0.6 is 0 Å². The summed E-state index contributed by atoms with van der Waals surface area (Å²) in [6.45, 7) is 3.41. The summed E-state index contributed by atoms with van der Waals surface area (Å²) in [4.78, 5) is 16.2. The molecule has 1 saturated carbocycles. The summed E-state index contributed by atoms with van der Waals surface area (Å²) in [6.07, 6.45) is 5.35. The van der Waals surface area contributed by atoms with Gasteiger partial charge in [0.05, 0.1) is 6.04 Å². The largest absolute Gasteiger partial charge is 0.337 e. The third-order valence-electron chi connectivity index (χ3n) is 6.70. The fourth-order valence-electron chi connectivity index (χ4n) is 5.54. The van der Waals surface area contributed by atoms with Crippen molar-refractivity contribution in [2.24, 2.45) is 11.7 Å². The third-order valence-corrected chi connectivity index (χ3v) is 6.70. The summed E-state index contributed by atoms with van der Waals surface area (Å²) >= 11 is 0. The molecule has 3 saturated heterocycles. The Morgan fingerprint density at radius 3 is 2.78 bits per heavy atom. The number of carbonyl (C=O) groups is 1. The van der Waals surface area contributed by atoms with Crippen LogP contribution in [0.4, 0.5) is 4.39 Å². The zero-order chi connectivity index (χ0) is 16.0. The molecule has 4 fully saturated rings. The first kappa shape index (κ1) is 15.8. The highest BCUT2D eigenvalue weighted by Gasteiger charge is 2.52. The van der Waals surface area contributed by atoms with Crippen LogP contribution in [-0.4, -0.2) is 72.2 Å². The number of halogens is 1. The van der Waals surface area contributed by atoms with Crippen molar-refractivity contribution in [3.05, 3.63) is 0 Å². The number of hydrogen-bond donors (Lipinski definition) is 2. The number of hydrogen-bond acceptors (Lipinski definition) is 4. The predicted octanol–water partition coefficient (Wildman–Crippen LogP) is 0.491. The molecule has 3 unspecified atom stereocenters. The van der Waals surface area contributed by atoms with Gasteiger partial charge in [0.25, 0.3) is 0 Å². The van der Waals surface area contributed by atoms with Crippen molar-refractivity contribution in [2.75, 3.05) is 32.7 Å². The number of piperidine rings is 1. The van der Waals surface area contributed by atoms with E-state index in [2.05, 4.69) is 10.2 Å². The molecule has 0 aromatic carbocycles. The summed E-state index contributed by atoms with van der Waals surface area (Å²) in [5.41, 5.74) is 6.40. The van der Waals surface area contributed by atoms with Crippen LogP contribution in [-0.2, 0) is 4.79 Å². The topological polar surface area (TPSA) is 61.6 Å². The van der Waals surface area contributed by atoms with Gasteiger partial charge in [0.1, 0.15) is 6.17 Å². The number of alkyl halides is 1. The molecule has 3 N–H and O–H groups in total. The second kappa shape index (κ2) is 5.97. The molecule has 1 aliphatic carbocycles. The predicted molar refractivity (Wildman–Crippen MR) is 86.7 cm³/mol. The van der Waals surface area contributed by atoms with Gasteiger partial charge in [0, 0.05) is 50.7 Å². The molecular weight excluding hydrogens is 295 g/mol. The molecule has 0 radical (unpaired) electrons. The van der Waals surface area contributed by atoms with Gasteiger partial charge in [-0.1, -0.05) is 12.8 Å². The maximum absolute atomic E-state index is 14.9. The Bertz CT molecular complexity index is 470. The standard InChI is InChI=1S/C17H29FN4O/c18-14-9-20-11-17(19,12-3-1-2-4-12)16(14)21-7-8-22-13(10-21)5-6-15(22)23/h12-14,16,20H,1-11,19H2/t13-,14?,16?,17?/m1/s1. The van der Waals surface area contributed by atoms with Crippen molar-refractivity contribution in [3.63, 3.8) is 0 Å². The van der Waals surface area contributed by atoms with Gasteiger partial charge in [-0.25, -0.2) is 4.39 Å². The highest BCUT2D eigenvalue weighted by molar-refractivity contribution is 5.78. The zero-order valence-electron chi connectivity index (χ0n) is 13.8. The van der Waals surface area contributed by atoms with E-state index < -0.39 is 11.7 Å². The molecule has 130 valence electrons. The first-order chi connectivity index (χ1) is 11.1. The van der Waals surface area contributed by atoms with Crippen molar-refractivity contribution in [1.29, 1.82) is 0 Å². The molecule has 23 heavy (non-hydrogen) atoms. The van der Waals surface area contributed by atoms with Crippen LogP contribution < -0.4 is 11.1 Å². The average molecular weight is 324 g/mol. The number of nitrogens with one attached hydrogen (secondary N) is 1. The van der Waals surface area contributed by atoms with Crippen molar-refractivity contribution < 1.29 is 9.18 Å². The monoisotopic (exact) mass is 324 g/mol. The number of nitrogens with zero attached hydrogens (tertiary/aromatic N) is 2. The van der Waals surface area contributed by atoms with Crippen LogP contribution in [0.5, 0.6) is 0 Å². The molecule has 0 aromatic rings. The Morgan fingerprint density at radius 2 is 2.00 bits per heavy atom.